The zero-order chi connectivity index (χ0) is 17.9. The number of hydrogen-bond acceptors (Lipinski definition) is 3. The highest BCUT2D eigenvalue weighted by molar-refractivity contribution is 9.10. The Morgan fingerprint density at radius 1 is 1.32 bits per heavy atom. The molecule has 0 radical (unpaired) electrons. The first-order valence-electron chi connectivity index (χ1n) is 8.95. The van der Waals surface area contributed by atoms with Gasteiger partial charge in [-0.3, -0.25) is 9.89 Å². The van der Waals surface area contributed by atoms with E-state index < -0.39 is 0 Å². The van der Waals surface area contributed by atoms with Crippen molar-refractivity contribution in [3.05, 3.63) is 34.1 Å². The maximum Gasteiger partial charge on any atom is 0.191 e. The predicted molar refractivity (Wildman–Crippen MR) is 104 cm³/mol. The molecule has 0 saturated carbocycles. The van der Waals surface area contributed by atoms with E-state index in [1.165, 1.54) is 6.07 Å². The second kappa shape index (κ2) is 11.4. The van der Waals surface area contributed by atoms with Crippen LogP contribution in [0.1, 0.15) is 18.9 Å². The first kappa shape index (κ1) is 20.1. The molecule has 5 nitrogen and oxygen atoms in total. The lowest BCUT2D eigenvalue weighted by Gasteiger charge is -2.26. The predicted octanol–water partition coefficient (Wildman–Crippen LogP) is 2.41. The van der Waals surface area contributed by atoms with Crippen LogP contribution in [0.5, 0.6) is 0 Å². The number of rotatable bonds is 8. The van der Waals surface area contributed by atoms with Gasteiger partial charge in [-0.15, -0.1) is 0 Å². The minimum absolute atomic E-state index is 0.169. The molecule has 0 bridgehead atoms. The van der Waals surface area contributed by atoms with Crippen LogP contribution in [-0.4, -0.2) is 63.3 Å². The Morgan fingerprint density at radius 2 is 2.12 bits per heavy atom. The largest absolute Gasteiger partial charge is 0.379 e. The van der Waals surface area contributed by atoms with Gasteiger partial charge in [0.25, 0.3) is 0 Å². The normalized spacial score (nSPS) is 16.0. The fourth-order valence-electron chi connectivity index (χ4n) is 2.70. The molecule has 1 saturated heterocycles. The summed E-state index contributed by atoms with van der Waals surface area (Å²) in [6.07, 6.45) is 1.64. The summed E-state index contributed by atoms with van der Waals surface area (Å²) in [5.41, 5.74) is 0.699. The van der Waals surface area contributed by atoms with Gasteiger partial charge in [-0.2, -0.15) is 0 Å². The van der Waals surface area contributed by atoms with E-state index in [1.54, 1.807) is 6.07 Å². The number of morpholine rings is 1. The minimum Gasteiger partial charge on any atom is -0.379 e. The second-order valence-electron chi connectivity index (χ2n) is 5.98. The lowest BCUT2D eigenvalue weighted by atomic mass is 10.1. The topological polar surface area (TPSA) is 48.9 Å². The van der Waals surface area contributed by atoms with Crippen LogP contribution in [0.4, 0.5) is 4.39 Å². The van der Waals surface area contributed by atoms with Crippen molar-refractivity contribution in [1.29, 1.82) is 0 Å². The van der Waals surface area contributed by atoms with Crippen LogP contribution >= 0.6 is 15.9 Å². The van der Waals surface area contributed by atoms with E-state index in [9.17, 15) is 4.39 Å². The molecule has 1 aliphatic heterocycles. The van der Waals surface area contributed by atoms with Crippen molar-refractivity contribution >= 4 is 21.9 Å². The van der Waals surface area contributed by atoms with Crippen LogP contribution in [0, 0.1) is 5.82 Å². The van der Waals surface area contributed by atoms with Gasteiger partial charge in [0.1, 0.15) is 5.82 Å². The van der Waals surface area contributed by atoms with Crippen LogP contribution in [0.2, 0.25) is 0 Å². The molecule has 2 rings (SSSR count). The molecule has 1 aromatic carbocycles. The molecule has 0 amide bonds. The van der Waals surface area contributed by atoms with Gasteiger partial charge in [0.15, 0.2) is 5.96 Å². The molecule has 2 N–H and O–H groups in total. The molecule has 0 spiro atoms. The van der Waals surface area contributed by atoms with Gasteiger partial charge in [0.2, 0.25) is 0 Å². The molecule has 0 aromatic heterocycles. The van der Waals surface area contributed by atoms with Crippen molar-refractivity contribution in [2.24, 2.45) is 4.99 Å². The molecular formula is C18H28BrFN4O. The van der Waals surface area contributed by atoms with Gasteiger partial charge >= 0.3 is 0 Å². The summed E-state index contributed by atoms with van der Waals surface area (Å²) in [4.78, 5) is 7.01. The van der Waals surface area contributed by atoms with Crippen LogP contribution in [0.3, 0.4) is 0 Å². The third-order valence-electron chi connectivity index (χ3n) is 4.04. The number of nitrogens with zero attached hydrogens (tertiary/aromatic N) is 2. The van der Waals surface area contributed by atoms with Crippen molar-refractivity contribution in [2.45, 2.75) is 19.8 Å². The molecule has 1 aliphatic rings. The van der Waals surface area contributed by atoms with E-state index >= 15 is 0 Å². The van der Waals surface area contributed by atoms with Gasteiger partial charge in [-0.25, -0.2) is 4.39 Å². The molecule has 1 heterocycles. The summed E-state index contributed by atoms with van der Waals surface area (Å²) in [6.45, 7) is 9.01. The van der Waals surface area contributed by atoms with Crippen LogP contribution in [0.25, 0.3) is 0 Å². The van der Waals surface area contributed by atoms with Crippen LogP contribution in [-0.2, 0) is 11.2 Å². The van der Waals surface area contributed by atoms with Gasteiger partial charge < -0.3 is 15.4 Å². The fourth-order valence-corrected chi connectivity index (χ4v) is 3.11. The van der Waals surface area contributed by atoms with Crippen molar-refractivity contribution in [2.75, 3.05) is 52.5 Å². The Labute approximate surface area is 158 Å². The van der Waals surface area contributed by atoms with Crippen LogP contribution in [0.15, 0.2) is 27.7 Å². The molecule has 1 aromatic rings. The molecule has 0 aliphatic carbocycles. The van der Waals surface area contributed by atoms with E-state index in [-0.39, 0.29) is 5.82 Å². The summed E-state index contributed by atoms with van der Waals surface area (Å²) in [5, 5.41) is 6.51. The van der Waals surface area contributed by atoms with E-state index in [1.807, 2.05) is 13.0 Å². The molecule has 1 fully saturated rings. The number of nitrogens with one attached hydrogen (secondary N) is 2. The summed E-state index contributed by atoms with van der Waals surface area (Å²) in [5.74, 6) is 0.623. The lowest BCUT2D eigenvalue weighted by molar-refractivity contribution is 0.0377. The van der Waals surface area contributed by atoms with E-state index in [0.717, 1.165) is 62.8 Å². The van der Waals surface area contributed by atoms with Crippen molar-refractivity contribution in [3.63, 3.8) is 0 Å². The number of guanidine groups is 1. The lowest BCUT2D eigenvalue weighted by Crippen LogP contribution is -2.39. The van der Waals surface area contributed by atoms with Gasteiger partial charge in [-0.05, 0) is 43.5 Å². The monoisotopic (exact) mass is 414 g/mol. The van der Waals surface area contributed by atoms with Gasteiger partial charge in [0.05, 0.1) is 13.2 Å². The quantitative estimate of drug-likeness (QED) is 0.389. The first-order valence-corrected chi connectivity index (χ1v) is 9.74. The first-order chi connectivity index (χ1) is 12.2. The van der Waals surface area contributed by atoms with Crippen molar-refractivity contribution in [1.82, 2.24) is 15.5 Å². The maximum absolute atomic E-state index is 13.8. The van der Waals surface area contributed by atoms with Gasteiger partial charge in [-0.1, -0.05) is 15.9 Å². The summed E-state index contributed by atoms with van der Waals surface area (Å²) in [6, 6.07) is 5.03. The SMILES string of the molecule is CCNC(=NCCCN1CCOCC1)NCCc1cc(Br)ccc1F. The zero-order valence-electron chi connectivity index (χ0n) is 14.9. The van der Waals surface area contributed by atoms with E-state index in [0.29, 0.717) is 18.5 Å². The fraction of sp³-hybridized carbons (Fsp3) is 0.611. The van der Waals surface area contributed by atoms with Crippen LogP contribution < -0.4 is 10.6 Å². The van der Waals surface area contributed by atoms with Crippen molar-refractivity contribution < 1.29 is 9.13 Å². The maximum atomic E-state index is 13.8. The third-order valence-corrected chi connectivity index (χ3v) is 4.54. The van der Waals surface area contributed by atoms with E-state index in [4.69, 9.17) is 4.74 Å². The second-order valence-corrected chi connectivity index (χ2v) is 6.90. The summed E-state index contributed by atoms with van der Waals surface area (Å²) < 4.78 is 20.0. The molecule has 140 valence electrons. The highest BCUT2D eigenvalue weighted by Gasteiger charge is 2.09. The Hall–Kier alpha value is -1.18. The number of halogens is 2. The number of ether oxygens (including phenoxy) is 1. The molecule has 7 heteroatoms. The average molecular weight is 415 g/mol. The molecule has 0 atom stereocenters. The molecular weight excluding hydrogens is 387 g/mol. The highest BCUT2D eigenvalue weighted by atomic mass is 79.9. The Morgan fingerprint density at radius 3 is 2.88 bits per heavy atom. The highest BCUT2D eigenvalue weighted by Crippen LogP contribution is 2.15. The Balaban J connectivity index is 1.72. The number of aliphatic imine (C=N–C) groups is 1. The zero-order valence-corrected chi connectivity index (χ0v) is 16.4. The minimum atomic E-state index is -0.169. The third kappa shape index (κ3) is 7.71. The van der Waals surface area contributed by atoms with E-state index in [2.05, 4.69) is 36.5 Å². The summed E-state index contributed by atoms with van der Waals surface area (Å²) in [7, 11) is 0. The van der Waals surface area contributed by atoms with Gasteiger partial charge in [0, 0.05) is 43.7 Å². The standard InChI is InChI=1S/C18H28BrFN4O/c1-2-21-18(22-7-3-9-24-10-12-25-13-11-24)23-8-6-15-14-16(19)4-5-17(15)20/h4-5,14H,2-3,6-13H2,1H3,(H2,21,22,23). The molecule has 25 heavy (non-hydrogen) atoms. The Bertz CT molecular complexity index is 550. The number of hydrogen-bond donors (Lipinski definition) is 2. The average Bonchev–Trinajstić information content (AvgIpc) is 2.62. The molecule has 0 unspecified atom stereocenters. The van der Waals surface area contributed by atoms with Crippen molar-refractivity contribution in [3.8, 4) is 0 Å². The summed E-state index contributed by atoms with van der Waals surface area (Å²) >= 11 is 3.38. The number of benzene rings is 1. The Kier molecular flexibility index (Phi) is 9.21. The smallest absolute Gasteiger partial charge is 0.191 e.